The van der Waals surface area contributed by atoms with Gasteiger partial charge in [-0.3, -0.25) is 4.79 Å². The molecule has 1 atom stereocenters. The van der Waals surface area contributed by atoms with E-state index in [2.05, 4.69) is 50.9 Å². The van der Waals surface area contributed by atoms with Crippen LogP contribution in [0.1, 0.15) is 42.3 Å². The van der Waals surface area contributed by atoms with Crippen molar-refractivity contribution in [1.82, 2.24) is 24.6 Å². The summed E-state index contributed by atoms with van der Waals surface area (Å²) in [6.07, 6.45) is 2.84. The van der Waals surface area contributed by atoms with Gasteiger partial charge in [0.25, 0.3) is 0 Å². The van der Waals surface area contributed by atoms with Crippen LogP contribution in [0.3, 0.4) is 0 Å². The van der Waals surface area contributed by atoms with Crippen molar-refractivity contribution < 1.29 is 4.79 Å². The Balaban J connectivity index is 1.38. The monoisotopic (exact) mass is 396 g/mol. The third-order valence-corrected chi connectivity index (χ3v) is 5.81. The van der Waals surface area contributed by atoms with Crippen molar-refractivity contribution >= 4 is 22.4 Å². The number of thiazole rings is 1. The maximum atomic E-state index is 12.7. The summed E-state index contributed by atoms with van der Waals surface area (Å²) in [5.74, 6) is 1.99. The van der Waals surface area contributed by atoms with Crippen molar-refractivity contribution in [2.75, 3.05) is 12.3 Å². The standard InChI is InChI=1S/C20H24N6OS/c1-14-11-25(19(27)10-8-16-13-28-20(21)22-16)12-18-24-23-17(26(14)18)9-7-15-5-3-2-4-6-15/h2-6,13-14H,7-12H2,1H3,(H2,21,22)/t14-/m0/s1. The van der Waals surface area contributed by atoms with Crippen LogP contribution in [0.15, 0.2) is 35.7 Å². The van der Waals surface area contributed by atoms with E-state index in [1.54, 1.807) is 0 Å². The fraction of sp³-hybridized carbons (Fsp3) is 0.400. The summed E-state index contributed by atoms with van der Waals surface area (Å²) in [5.41, 5.74) is 7.83. The normalized spacial score (nSPS) is 16.2. The highest BCUT2D eigenvalue weighted by molar-refractivity contribution is 7.13. The summed E-state index contributed by atoms with van der Waals surface area (Å²) < 4.78 is 2.20. The molecule has 7 nitrogen and oxygen atoms in total. The van der Waals surface area contributed by atoms with E-state index in [1.807, 2.05) is 16.3 Å². The lowest BCUT2D eigenvalue weighted by atomic mass is 10.1. The van der Waals surface area contributed by atoms with Crippen molar-refractivity contribution in [2.24, 2.45) is 0 Å². The van der Waals surface area contributed by atoms with Crippen LogP contribution >= 0.6 is 11.3 Å². The third kappa shape index (κ3) is 4.06. The minimum Gasteiger partial charge on any atom is -0.375 e. The van der Waals surface area contributed by atoms with Gasteiger partial charge in [0.1, 0.15) is 5.82 Å². The molecule has 0 bridgehead atoms. The first-order valence-electron chi connectivity index (χ1n) is 9.54. The molecular weight excluding hydrogens is 372 g/mol. The average molecular weight is 397 g/mol. The Labute approximate surface area is 168 Å². The first kappa shape index (κ1) is 18.6. The predicted molar refractivity (Wildman–Crippen MR) is 109 cm³/mol. The molecule has 8 heteroatoms. The largest absolute Gasteiger partial charge is 0.375 e. The van der Waals surface area contributed by atoms with Crippen molar-refractivity contribution in [3.63, 3.8) is 0 Å². The minimum absolute atomic E-state index is 0.124. The first-order valence-corrected chi connectivity index (χ1v) is 10.4. The van der Waals surface area contributed by atoms with E-state index < -0.39 is 0 Å². The summed E-state index contributed by atoms with van der Waals surface area (Å²) in [4.78, 5) is 18.8. The number of carbonyl (C=O) groups excluding carboxylic acids is 1. The number of aromatic nitrogens is 4. The van der Waals surface area contributed by atoms with Crippen LogP contribution in [0.2, 0.25) is 0 Å². The van der Waals surface area contributed by atoms with Crippen LogP contribution in [0.4, 0.5) is 5.13 Å². The van der Waals surface area contributed by atoms with Crippen molar-refractivity contribution in [3.05, 3.63) is 58.6 Å². The number of hydrogen-bond acceptors (Lipinski definition) is 6. The van der Waals surface area contributed by atoms with Gasteiger partial charge in [-0.05, 0) is 25.3 Å². The Morgan fingerprint density at radius 1 is 1.21 bits per heavy atom. The Hall–Kier alpha value is -2.74. The zero-order valence-corrected chi connectivity index (χ0v) is 16.7. The highest BCUT2D eigenvalue weighted by atomic mass is 32.1. The first-order chi connectivity index (χ1) is 13.6. The smallest absolute Gasteiger partial charge is 0.223 e. The second-order valence-electron chi connectivity index (χ2n) is 7.19. The second-order valence-corrected chi connectivity index (χ2v) is 8.08. The molecule has 0 unspecified atom stereocenters. The topological polar surface area (TPSA) is 89.9 Å². The van der Waals surface area contributed by atoms with E-state index >= 15 is 0 Å². The van der Waals surface area contributed by atoms with E-state index in [1.165, 1.54) is 16.9 Å². The van der Waals surface area contributed by atoms with Gasteiger partial charge in [0, 0.05) is 24.8 Å². The number of aryl methyl sites for hydroxylation is 3. The van der Waals surface area contributed by atoms with Crippen LogP contribution in [0.25, 0.3) is 0 Å². The molecule has 28 heavy (non-hydrogen) atoms. The second kappa shape index (κ2) is 8.10. The number of nitrogen functional groups attached to an aromatic ring is 1. The number of anilines is 1. The van der Waals surface area contributed by atoms with E-state index in [0.29, 0.717) is 31.1 Å². The molecule has 3 heterocycles. The molecule has 0 aliphatic carbocycles. The quantitative estimate of drug-likeness (QED) is 0.692. The molecule has 1 aromatic carbocycles. The van der Waals surface area contributed by atoms with Gasteiger partial charge in [0.15, 0.2) is 11.0 Å². The number of carbonyl (C=O) groups is 1. The molecule has 1 amide bonds. The Morgan fingerprint density at radius 3 is 2.79 bits per heavy atom. The molecule has 0 saturated heterocycles. The van der Waals surface area contributed by atoms with E-state index in [4.69, 9.17) is 5.73 Å². The molecule has 0 radical (unpaired) electrons. The lowest BCUT2D eigenvalue weighted by Crippen LogP contribution is -2.41. The summed E-state index contributed by atoms with van der Waals surface area (Å²) in [7, 11) is 0. The third-order valence-electron chi connectivity index (χ3n) is 5.09. The van der Waals surface area contributed by atoms with Crippen molar-refractivity contribution in [1.29, 1.82) is 0 Å². The molecule has 0 saturated carbocycles. The summed E-state index contributed by atoms with van der Waals surface area (Å²) in [6.45, 7) is 3.32. The van der Waals surface area contributed by atoms with Gasteiger partial charge in [0.2, 0.25) is 5.91 Å². The van der Waals surface area contributed by atoms with Gasteiger partial charge in [-0.15, -0.1) is 21.5 Å². The highest BCUT2D eigenvalue weighted by Crippen LogP contribution is 2.23. The zero-order chi connectivity index (χ0) is 19.5. The Morgan fingerprint density at radius 2 is 2.04 bits per heavy atom. The number of fused-ring (bicyclic) bond motifs is 1. The van der Waals surface area contributed by atoms with E-state index in [9.17, 15) is 4.79 Å². The van der Waals surface area contributed by atoms with E-state index in [-0.39, 0.29) is 11.9 Å². The molecule has 1 aliphatic rings. The Kier molecular flexibility index (Phi) is 5.38. The maximum absolute atomic E-state index is 12.7. The van der Waals surface area contributed by atoms with Gasteiger partial charge < -0.3 is 15.2 Å². The van der Waals surface area contributed by atoms with Crippen LogP contribution in [0, 0.1) is 0 Å². The SMILES string of the molecule is C[C@H]1CN(C(=O)CCc2csc(N)n2)Cc2nnc(CCc3ccccc3)n21. The summed E-state index contributed by atoms with van der Waals surface area (Å²) in [5, 5.41) is 11.2. The summed E-state index contributed by atoms with van der Waals surface area (Å²) >= 11 is 1.41. The number of nitrogens with zero attached hydrogens (tertiary/aromatic N) is 5. The van der Waals surface area contributed by atoms with Gasteiger partial charge >= 0.3 is 0 Å². The van der Waals surface area contributed by atoms with Gasteiger partial charge in [0.05, 0.1) is 18.3 Å². The van der Waals surface area contributed by atoms with Crippen molar-refractivity contribution in [2.45, 2.75) is 45.2 Å². The molecule has 4 rings (SSSR count). The van der Waals surface area contributed by atoms with Crippen LogP contribution in [0.5, 0.6) is 0 Å². The molecule has 2 aromatic heterocycles. The number of rotatable bonds is 6. The molecule has 2 N–H and O–H groups in total. The summed E-state index contributed by atoms with van der Waals surface area (Å²) in [6, 6.07) is 10.6. The number of benzene rings is 1. The lowest BCUT2D eigenvalue weighted by Gasteiger charge is -2.32. The molecule has 1 aliphatic heterocycles. The molecule has 0 spiro atoms. The Bertz CT molecular complexity index is 951. The van der Waals surface area contributed by atoms with Crippen LogP contribution in [-0.4, -0.2) is 37.1 Å². The van der Waals surface area contributed by atoms with Crippen molar-refractivity contribution in [3.8, 4) is 0 Å². The zero-order valence-electron chi connectivity index (χ0n) is 15.9. The molecule has 146 valence electrons. The van der Waals surface area contributed by atoms with Gasteiger partial charge in [-0.2, -0.15) is 0 Å². The average Bonchev–Trinajstić information content (AvgIpc) is 3.31. The maximum Gasteiger partial charge on any atom is 0.223 e. The van der Waals surface area contributed by atoms with Crippen LogP contribution in [-0.2, 0) is 30.6 Å². The number of amides is 1. The molecule has 0 fully saturated rings. The highest BCUT2D eigenvalue weighted by Gasteiger charge is 2.28. The van der Waals surface area contributed by atoms with Gasteiger partial charge in [-0.1, -0.05) is 30.3 Å². The fourth-order valence-corrected chi connectivity index (χ4v) is 4.30. The molecule has 3 aromatic rings. The fourth-order valence-electron chi connectivity index (χ4n) is 3.71. The number of hydrogen-bond donors (Lipinski definition) is 1. The lowest BCUT2D eigenvalue weighted by molar-refractivity contribution is -0.133. The molecular formula is C20H24N6OS. The number of nitrogens with two attached hydrogens (primary N) is 1. The van der Waals surface area contributed by atoms with Crippen LogP contribution < -0.4 is 5.73 Å². The predicted octanol–water partition coefficient (Wildman–Crippen LogP) is 2.64. The minimum atomic E-state index is 0.124. The van der Waals surface area contributed by atoms with Gasteiger partial charge in [-0.25, -0.2) is 4.98 Å². The van der Waals surface area contributed by atoms with E-state index in [0.717, 1.165) is 30.2 Å².